The van der Waals surface area contributed by atoms with E-state index in [-0.39, 0.29) is 22.8 Å². The van der Waals surface area contributed by atoms with Gasteiger partial charge in [-0.3, -0.25) is 14.9 Å². The lowest BCUT2D eigenvalue weighted by atomic mass is 10.2. The first-order valence-electron chi connectivity index (χ1n) is 5.10. The lowest BCUT2D eigenvalue weighted by Gasteiger charge is -2.05. The summed E-state index contributed by atoms with van der Waals surface area (Å²) in [6.07, 6.45) is 1.44. The first-order chi connectivity index (χ1) is 8.97. The van der Waals surface area contributed by atoms with Crippen LogP contribution in [-0.2, 0) is 0 Å². The third-order valence-corrected chi connectivity index (χ3v) is 2.55. The summed E-state index contributed by atoms with van der Waals surface area (Å²) in [5.74, 6) is -0.906. The van der Waals surface area contributed by atoms with Crippen LogP contribution in [0.2, 0.25) is 5.02 Å². The topological polar surface area (TPSA) is 108 Å². The summed E-state index contributed by atoms with van der Waals surface area (Å²) < 4.78 is 0. The number of rotatable bonds is 3. The molecule has 1 aromatic carbocycles. The lowest BCUT2D eigenvalue weighted by molar-refractivity contribution is -0.384. The molecular weight excluding hydrogens is 274 g/mol. The number of benzene rings is 1. The number of nitrogens with zero attached hydrogens (tertiary/aromatic N) is 1. The average molecular weight is 282 g/mol. The third-order valence-electron chi connectivity index (χ3n) is 2.33. The van der Waals surface area contributed by atoms with Crippen molar-refractivity contribution in [3.8, 4) is 5.75 Å². The molecule has 0 radical (unpaired) electrons. The maximum Gasteiger partial charge on any atom is 0.273 e. The fourth-order valence-corrected chi connectivity index (χ4v) is 1.59. The molecule has 1 heterocycles. The number of aromatic hydroxyl groups is 1. The predicted molar refractivity (Wildman–Crippen MR) is 68.5 cm³/mol. The number of carbonyl (C=O) groups excluding carboxylic acids is 1. The molecule has 0 aliphatic rings. The van der Waals surface area contributed by atoms with Crippen LogP contribution < -0.4 is 5.32 Å². The SMILES string of the molecule is O=C(Nc1ccc([N+](=O)[O-])cc1O)c1cc(Cl)c[nH]1. The first kappa shape index (κ1) is 12.9. The van der Waals surface area contributed by atoms with Gasteiger partial charge in [-0.2, -0.15) is 0 Å². The van der Waals surface area contributed by atoms with E-state index in [1.165, 1.54) is 24.4 Å². The molecule has 2 rings (SSSR count). The van der Waals surface area contributed by atoms with Gasteiger partial charge >= 0.3 is 0 Å². The number of nitro benzene ring substituents is 1. The number of nitrogens with one attached hydrogen (secondary N) is 2. The normalized spacial score (nSPS) is 10.2. The molecule has 7 nitrogen and oxygen atoms in total. The van der Waals surface area contributed by atoms with Crippen molar-refractivity contribution in [2.24, 2.45) is 0 Å². The van der Waals surface area contributed by atoms with E-state index in [9.17, 15) is 20.0 Å². The molecule has 2 aromatic rings. The Kier molecular flexibility index (Phi) is 3.39. The second-order valence-electron chi connectivity index (χ2n) is 3.64. The predicted octanol–water partition coefficient (Wildman–Crippen LogP) is 2.53. The minimum Gasteiger partial charge on any atom is -0.506 e. The van der Waals surface area contributed by atoms with Crippen LogP contribution >= 0.6 is 11.6 Å². The van der Waals surface area contributed by atoms with Gasteiger partial charge in [0.2, 0.25) is 0 Å². The number of carbonyl (C=O) groups is 1. The van der Waals surface area contributed by atoms with E-state index in [1.807, 2.05) is 0 Å². The maximum absolute atomic E-state index is 11.8. The summed E-state index contributed by atoms with van der Waals surface area (Å²) in [7, 11) is 0. The number of hydrogen-bond donors (Lipinski definition) is 3. The smallest absolute Gasteiger partial charge is 0.273 e. The van der Waals surface area contributed by atoms with E-state index in [2.05, 4.69) is 10.3 Å². The standard InChI is InChI=1S/C11H8ClN3O4/c12-6-3-9(13-5-6)11(17)14-8-2-1-7(15(18)19)4-10(8)16/h1-5,13,16H,(H,14,17). The summed E-state index contributed by atoms with van der Waals surface area (Å²) in [6, 6.07) is 4.80. The fraction of sp³-hybridized carbons (Fsp3) is 0. The van der Waals surface area contributed by atoms with Gasteiger partial charge in [0.05, 0.1) is 21.7 Å². The van der Waals surface area contributed by atoms with E-state index >= 15 is 0 Å². The number of H-pyrrole nitrogens is 1. The van der Waals surface area contributed by atoms with Gasteiger partial charge in [0, 0.05) is 12.3 Å². The largest absolute Gasteiger partial charge is 0.506 e. The molecule has 0 saturated carbocycles. The minimum absolute atomic E-state index is 0.0707. The number of phenols is 1. The zero-order valence-electron chi connectivity index (χ0n) is 9.38. The van der Waals surface area contributed by atoms with Crippen LogP contribution in [0.4, 0.5) is 11.4 Å². The number of amides is 1. The maximum atomic E-state index is 11.8. The highest BCUT2D eigenvalue weighted by atomic mass is 35.5. The highest BCUT2D eigenvalue weighted by Crippen LogP contribution is 2.28. The lowest BCUT2D eigenvalue weighted by Crippen LogP contribution is -2.12. The van der Waals surface area contributed by atoms with E-state index in [0.29, 0.717) is 5.02 Å². The number of anilines is 1. The van der Waals surface area contributed by atoms with Crippen LogP contribution in [-0.4, -0.2) is 20.9 Å². The zero-order valence-corrected chi connectivity index (χ0v) is 10.1. The van der Waals surface area contributed by atoms with E-state index < -0.39 is 10.8 Å². The molecular formula is C11H8ClN3O4. The molecule has 0 unspecified atom stereocenters. The van der Waals surface area contributed by atoms with Gasteiger partial charge in [-0.1, -0.05) is 11.6 Å². The average Bonchev–Trinajstić information content (AvgIpc) is 2.78. The summed E-state index contributed by atoms with van der Waals surface area (Å²) >= 11 is 5.66. The Morgan fingerprint density at radius 2 is 2.16 bits per heavy atom. The number of non-ortho nitro benzene ring substituents is 1. The quantitative estimate of drug-likeness (QED) is 0.456. The number of hydrogen-bond acceptors (Lipinski definition) is 4. The fourth-order valence-electron chi connectivity index (χ4n) is 1.43. The molecule has 98 valence electrons. The summed E-state index contributed by atoms with van der Waals surface area (Å²) in [4.78, 5) is 24.2. The van der Waals surface area contributed by atoms with E-state index in [1.54, 1.807) is 0 Å². The van der Waals surface area contributed by atoms with Crippen molar-refractivity contribution in [2.45, 2.75) is 0 Å². The molecule has 19 heavy (non-hydrogen) atoms. The van der Waals surface area contributed by atoms with Crippen molar-refractivity contribution in [3.63, 3.8) is 0 Å². The number of aromatic amines is 1. The molecule has 8 heteroatoms. The number of aromatic nitrogens is 1. The second kappa shape index (κ2) is 4.99. The van der Waals surface area contributed by atoms with Gasteiger partial charge in [-0.15, -0.1) is 0 Å². The Morgan fingerprint density at radius 3 is 2.68 bits per heavy atom. The molecule has 0 fully saturated rings. The zero-order chi connectivity index (χ0) is 14.0. The number of nitro groups is 1. The first-order valence-corrected chi connectivity index (χ1v) is 5.48. The Bertz CT molecular complexity index is 653. The molecule has 0 aliphatic carbocycles. The number of halogens is 1. The molecule has 1 aromatic heterocycles. The summed E-state index contributed by atoms with van der Waals surface area (Å²) in [5, 5.41) is 22.9. The van der Waals surface area contributed by atoms with E-state index in [0.717, 1.165) is 6.07 Å². The molecule has 0 atom stereocenters. The van der Waals surface area contributed by atoms with Crippen molar-refractivity contribution < 1.29 is 14.8 Å². The van der Waals surface area contributed by atoms with Crippen molar-refractivity contribution in [1.82, 2.24) is 4.98 Å². The molecule has 1 amide bonds. The summed E-state index contributed by atoms with van der Waals surface area (Å²) in [6.45, 7) is 0. The highest BCUT2D eigenvalue weighted by Gasteiger charge is 2.14. The van der Waals surface area contributed by atoms with Gasteiger partial charge in [-0.25, -0.2) is 0 Å². The molecule has 0 bridgehead atoms. The Hall–Kier alpha value is -2.54. The van der Waals surface area contributed by atoms with Crippen LogP contribution in [0.5, 0.6) is 5.75 Å². The van der Waals surface area contributed by atoms with Gasteiger partial charge in [0.15, 0.2) is 0 Å². The van der Waals surface area contributed by atoms with Gasteiger partial charge in [-0.05, 0) is 12.1 Å². The summed E-state index contributed by atoms with van der Waals surface area (Å²) in [5.41, 5.74) is 0.0162. The molecule has 3 N–H and O–H groups in total. The minimum atomic E-state index is -0.643. The highest BCUT2D eigenvalue weighted by molar-refractivity contribution is 6.31. The Balaban J connectivity index is 2.20. The van der Waals surface area contributed by atoms with Crippen LogP contribution in [0.25, 0.3) is 0 Å². The van der Waals surface area contributed by atoms with Crippen molar-refractivity contribution >= 4 is 28.9 Å². The Morgan fingerprint density at radius 1 is 1.42 bits per heavy atom. The van der Waals surface area contributed by atoms with E-state index in [4.69, 9.17) is 11.6 Å². The van der Waals surface area contributed by atoms with Crippen LogP contribution in [0.1, 0.15) is 10.5 Å². The van der Waals surface area contributed by atoms with Crippen LogP contribution in [0.3, 0.4) is 0 Å². The third kappa shape index (κ3) is 2.83. The molecule has 0 spiro atoms. The monoisotopic (exact) mass is 281 g/mol. The molecule has 0 aliphatic heterocycles. The van der Waals surface area contributed by atoms with Crippen LogP contribution in [0, 0.1) is 10.1 Å². The van der Waals surface area contributed by atoms with Crippen molar-refractivity contribution in [1.29, 1.82) is 0 Å². The second-order valence-corrected chi connectivity index (χ2v) is 4.08. The van der Waals surface area contributed by atoms with Gasteiger partial charge in [0.1, 0.15) is 11.4 Å². The van der Waals surface area contributed by atoms with Gasteiger partial charge in [0.25, 0.3) is 11.6 Å². The van der Waals surface area contributed by atoms with Crippen LogP contribution in [0.15, 0.2) is 30.5 Å². The van der Waals surface area contributed by atoms with Crippen molar-refractivity contribution in [3.05, 3.63) is 51.3 Å². The van der Waals surface area contributed by atoms with Crippen molar-refractivity contribution in [2.75, 3.05) is 5.32 Å². The Labute approximate surface area is 112 Å². The molecule has 0 saturated heterocycles. The van der Waals surface area contributed by atoms with Gasteiger partial charge < -0.3 is 15.4 Å². The number of phenolic OH excluding ortho intramolecular Hbond substituents is 1.